The highest BCUT2D eigenvalue weighted by molar-refractivity contribution is 9.10. The Balaban J connectivity index is 1.85. The Morgan fingerprint density at radius 1 is 1.21 bits per heavy atom. The van der Waals surface area contributed by atoms with E-state index in [9.17, 15) is 9.59 Å². The van der Waals surface area contributed by atoms with Crippen LogP contribution in [0.15, 0.2) is 24.3 Å². The predicted octanol–water partition coefficient (Wildman–Crippen LogP) is 4.12. The van der Waals surface area contributed by atoms with Gasteiger partial charge in [-0.15, -0.1) is 0 Å². The van der Waals surface area contributed by atoms with Gasteiger partial charge in [0.25, 0.3) is 0 Å². The second kappa shape index (κ2) is 4.72. The number of halogens is 1. The number of fused-ring (bicyclic) bond motifs is 3. The van der Waals surface area contributed by atoms with Crippen LogP contribution in [0.4, 0.5) is 5.69 Å². The number of ketones is 1. The highest BCUT2D eigenvalue weighted by atomic mass is 79.9. The molecule has 2 saturated carbocycles. The monoisotopic (exact) mass is 389 g/mol. The van der Waals surface area contributed by atoms with Crippen molar-refractivity contribution >= 4 is 33.3 Å². The van der Waals surface area contributed by atoms with E-state index in [1.54, 1.807) is 0 Å². The van der Waals surface area contributed by atoms with Gasteiger partial charge >= 0.3 is 0 Å². The van der Waals surface area contributed by atoms with E-state index in [0.717, 1.165) is 24.9 Å². The van der Waals surface area contributed by atoms with Crippen LogP contribution >= 0.6 is 15.9 Å². The molecule has 1 aliphatic heterocycles. The van der Waals surface area contributed by atoms with Crippen molar-refractivity contribution in [3.8, 4) is 0 Å². The fourth-order valence-electron chi connectivity index (χ4n) is 5.52. The number of carbonyl (C=O) groups excluding carboxylic acids is 2. The highest BCUT2D eigenvalue weighted by Gasteiger charge is 2.77. The van der Waals surface area contributed by atoms with E-state index in [-0.39, 0.29) is 28.0 Å². The Labute approximate surface area is 151 Å². The summed E-state index contributed by atoms with van der Waals surface area (Å²) in [4.78, 5) is 28.4. The fourth-order valence-corrected chi connectivity index (χ4v) is 7.02. The third-order valence-electron chi connectivity index (χ3n) is 7.53. The molecule has 0 spiro atoms. The summed E-state index contributed by atoms with van der Waals surface area (Å²) in [6.07, 6.45) is 2.47. The Hall–Kier alpha value is -1.16. The van der Waals surface area contributed by atoms with Gasteiger partial charge in [-0.05, 0) is 43.2 Å². The van der Waals surface area contributed by atoms with Crippen LogP contribution in [-0.2, 0) is 16.0 Å². The van der Waals surface area contributed by atoms with Gasteiger partial charge in [-0.1, -0.05) is 54.9 Å². The van der Waals surface area contributed by atoms with Crippen LogP contribution in [-0.4, -0.2) is 22.6 Å². The molecule has 0 radical (unpaired) electrons. The third kappa shape index (κ3) is 1.55. The highest BCUT2D eigenvalue weighted by Crippen LogP contribution is 2.72. The summed E-state index contributed by atoms with van der Waals surface area (Å²) in [5, 5.41) is 0. The summed E-state index contributed by atoms with van der Waals surface area (Å²) in [5.41, 5.74) is 0.834. The summed E-state index contributed by atoms with van der Waals surface area (Å²) < 4.78 is 0. The minimum atomic E-state index is -0.648. The lowest BCUT2D eigenvalue weighted by atomic mass is 9.64. The molecule has 4 atom stereocenters. The lowest BCUT2D eigenvalue weighted by Crippen LogP contribution is -2.54. The zero-order valence-electron chi connectivity index (χ0n) is 14.7. The lowest BCUT2D eigenvalue weighted by Gasteiger charge is -2.43. The van der Waals surface area contributed by atoms with Crippen LogP contribution in [0, 0.1) is 16.2 Å². The maximum absolute atomic E-state index is 13.9. The number of rotatable bonds is 1. The average Bonchev–Trinajstić information content (AvgIpc) is 3.01. The smallest absolute Gasteiger partial charge is 0.235 e. The third-order valence-corrected chi connectivity index (χ3v) is 8.73. The molecular weight excluding hydrogens is 366 g/mol. The van der Waals surface area contributed by atoms with Gasteiger partial charge in [0.1, 0.15) is 0 Å². The molecule has 0 N–H and O–H groups in total. The first-order valence-electron chi connectivity index (χ1n) is 8.78. The molecule has 3 aliphatic rings. The summed E-state index contributed by atoms with van der Waals surface area (Å²) in [6, 6.07) is 8.30. The summed E-state index contributed by atoms with van der Waals surface area (Å²) in [5.74, 6) is 0.327. The zero-order valence-corrected chi connectivity index (χ0v) is 16.3. The van der Waals surface area contributed by atoms with Crippen molar-refractivity contribution in [2.45, 2.75) is 57.8 Å². The van der Waals surface area contributed by atoms with Crippen molar-refractivity contribution in [2.75, 3.05) is 4.90 Å². The first-order chi connectivity index (χ1) is 11.2. The first kappa shape index (κ1) is 16.3. The largest absolute Gasteiger partial charge is 0.308 e. The molecule has 0 saturated heterocycles. The molecular formula is C20H24BrNO2. The van der Waals surface area contributed by atoms with Gasteiger partial charge in [0.05, 0.1) is 10.2 Å². The number of carbonyl (C=O) groups is 2. The number of anilines is 1. The maximum Gasteiger partial charge on any atom is 0.235 e. The van der Waals surface area contributed by atoms with Crippen molar-refractivity contribution in [3.63, 3.8) is 0 Å². The van der Waals surface area contributed by atoms with E-state index >= 15 is 0 Å². The van der Waals surface area contributed by atoms with E-state index in [2.05, 4.69) is 42.8 Å². The molecule has 2 aliphatic carbocycles. The first-order valence-corrected chi connectivity index (χ1v) is 9.70. The van der Waals surface area contributed by atoms with Gasteiger partial charge in [-0.3, -0.25) is 9.59 Å². The van der Waals surface area contributed by atoms with E-state index < -0.39 is 10.8 Å². The van der Waals surface area contributed by atoms with E-state index in [4.69, 9.17) is 0 Å². The van der Waals surface area contributed by atoms with Gasteiger partial charge in [0, 0.05) is 17.1 Å². The van der Waals surface area contributed by atoms with Gasteiger partial charge in [-0.25, -0.2) is 0 Å². The van der Waals surface area contributed by atoms with Crippen molar-refractivity contribution in [3.05, 3.63) is 29.8 Å². The molecule has 4 heteroatoms. The van der Waals surface area contributed by atoms with Crippen molar-refractivity contribution < 1.29 is 9.59 Å². The van der Waals surface area contributed by atoms with Gasteiger partial charge in [0.2, 0.25) is 5.91 Å². The van der Waals surface area contributed by atoms with Crippen LogP contribution in [0.25, 0.3) is 0 Å². The minimum Gasteiger partial charge on any atom is -0.308 e. The number of para-hydroxylation sites is 1. The standard InChI is InChI=1S/C20H24BrNO2/c1-12-11-13-7-5-6-8-14(13)22(12)17(24)20-10-9-19(4,18(20,2)3)16(23)15(20)21/h5-8,12,15H,9-11H2,1-4H3/t12-,15-,19+,20-/m0/s1. The number of alkyl halides is 1. The van der Waals surface area contributed by atoms with E-state index in [0.29, 0.717) is 0 Å². The van der Waals surface area contributed by atoms with Gasteiger partial charge in [0.15, 0.2) is 5.78 Å². The number of benzene rings is 1. The average molecular weight is 390 g/mol. The molecule has 1 aromatic rings. The Kier molecular flexibility index (Phi) is 3.21. The molecule has 1 aromatic carbocycles. The molecule has 1 amide bonds. The van der Waals surface area contributed by atoms with Gasteiger partial charge in [-0.2, -0.15) is 0 Å². The quantitative estimate of drug-likeness (QED) is 0.677. The fraction of sp³-hybridized carbons (Fsp3) is 0.600. The number of nitrogens with zero attached hydrogens (tertiary/aromatic N) is 1. The Morgan fingerprint density at radius 2 is 1.88 bits per heavy atom. The number of amides is 1. The predicted molar refractivity (Wildman–Crippen MR) is 98.4 cm³/mol. The molecule has 2 bridgehead atoms. The molecule has 24 heavy (non-hydrogen) atoms. The SMILES string of the molecule is C[C@H]1Cc2ccccc2N1C(=O)[C@]12CC[C@](C)(C(=O)[C@@H]1Br)C2(C)C. The lowest BCUT2D eigenvalue weighted by molar-refractivity contribution is -0.133. The summed E-state index contributed by atoms with van der Waals surface area (Å²) >= 11 is 3.64. The molecule has 0 unspecified atom stereocenters. The Morgan fingerprint density at radius 3 is 2.50 bits per heavy atom. The van der Waals surface area contributed by atoms with Crippen LogP contribution in [0.5, 0.6) is 0 Å². The minimum absolute atomic E-state index is 0.126. The topological polar surface area (TPSA) is 37.4 Å². The summed E-state index contributed by atoms with van der Waals surface area (Å²) in [7, 11) is 0. The molecule has 1 heterocycles. The Bertz CT molecular complexity index is 758. The zero-order chi connectivity index (χ0) is 17.5. The van der Waals surface area contributed by atoms with Crippen molar-refractivity contribution in [1.29, 1.82) is 0 Å². The van der Waals surface area contributed by atoms with Crippen molar-refractivity contribution in [1.82, 2.24) is 0 Å². The molecule has 4 rings (SSSR count). The van der Waals surface area contributed by atoms with Crippen molar-refractivity contribution in [2.24, 2.45) is 16.2 Å². The van der Waals surface area contributed by atoms with E-state index in [1.165, 1.54) is 5.56 Å². The van der Waals surface area contributed by atoms with E-state index in [1.807, 2.05) is 30.0 Å². The molecule has 2 fully saturated rings. The molecule has 3 nitrogen and oxygen atoms in total. The number of hydrogen-bond donors (Lipinski definition) is 0. The van der Waals surface area contributed by atoms with Crippen LogP contribution in [0.2, 0.25) is 0 Å². The van der Waals surface area contributed by atoms with Crippen LogP contribution < -0.4 is 4.90 Å². The van der Waals surface area contributed by atoms with Crippen LogP contribution in [0.3, 0.4) is 0 Å². The normalized spacial score (nSPS) is 39.4. The second-order valence-corrected chi connectivity index (χ2v) is 9.43. The number of hydrogen-bond acceptors (Lipinski definition) is 2. The molecule has 0 aromatic heterocycles. The van der Waals surface area contributed by atoms with Crippen LogP contribution in [0.1, 0.15) is 46.1 Å². The summed E-state index contributed by atoms with van der Waals surface area (Å²) in [6.45, 7) is 8.39. The second-order valence-electron chi connectivity index (χ2n) is 8.51. The maximum atomic E-state index is 13.9. The van der Waals surface area contributed by atoms with Gasteiger partial charge < -0.3 is 4.90 Å². The number of Topliss-reactive ketones (excluding diaryl/α,β-unsaturated/α-hetero) is 1. The molecule has 128 valence electrons.